The first-order valence-corrected chi connectivity index (χ1v) is 6.41. The standard InChI is InChI=1S/C11H19F3S/c1-3-10(2)6-4-5-8-15-9-7-11(12,13)14/h6H,3-5,7-9H2,1-2H3/b10-6-. The van der Waals surface area contributed by atoms with Gasteiger partial charge in [-0.3, -0.25) is 0 Å². The molecular weight excluding hydrogens is 221 g/mol. The third kappa shape index (κ3) is 11.8. The van der Waals surface area contributed by atoms with Crippen molar-refractivity contribution in [3.05, 3.63) is 11.6 Å². The molecule has 4 heteroatoms. The van der Waals surface area contributed by atoms with Gasteiger partial charge >= 0.3 is 6.18 Å². The second-order valence-electron chi connectivity index (χ2n) is 3.52. The van der Waals surface area contributed by atoms with Gasteiger partial charge in [0.15, 0.2) is 0 Å². The normalized spacial score (nSPS) is 13.3. The van der Waals surface area contributed by atoms with Gasteiger partial charge in [-0.15, -0.1) is 0 Å². The highest BCUT2D eigenvalue weighted by Gasteiger charge is 2.25. The van der Waals surface area contributed by atoms with E-state index in [1.54, 1.807) is 0 Å². The molecule has 0 rings (SSSR count). The lowest BCUT2D eigenvalue weighted by atomic mass is 10.2. The molecule has 0 atom stereocenters. The van der Waals surface area contributed by atoms with Gasteiger partial charge in [-0.25, -0.2) is 0 Å². The van der Waals surface area contributed by atoms with Gasteiger partial charge in [-0.2, -0.15) is 24.9 Å². The summed E-state index contributed by atoms with van der Waals surface area (Å²) < 4.78 is 35.3. The number of hydrogen-bond donors (Lipinski definition) is 0. The molecule has 0 aromatic rings. The molecule has 0 radical (unpaired) electrons. The van der Waals surface area contributed by atoms with E-state index in [2.05, 4.69) is 19.9 Å². The van der Waals surface area contributed by atoms with Crippen molar-refractivity contribution < 1.29 is 13.2 Å². The van der Waals surface area contributed by atoms with Crippen LogP contribution >= 0.6 is 11.8 Å². The molecular formula is C11H19F3S. The minimum absolute atomic E-state index is 0.194. The molecule has 0 N–H and O–H groups in total. The topological polar surface area (TPSA) is 0 Å². The molecule has 0 aromatic heterocycles. The Morgan fingerprint density at radius 1 is 1.27 bits per heavy atom. The van der Waals surface area contributed by atoms with Gasteiger partial charge in [0.25, 0.3) is 0 Å². The first-order chi connectivity index (χ1) is 6.95. The molecule has 90 valence electrons. The van der Waals surface area contributed by atoms with Crippen molar-refractivity contribution in [1.29, 1.82) is 0 Å². The summed E-state index contributed by atoms with van der Waals surface area (Å²) in [5.41, 5.74) is 1.36. The maximum atomic E-state index is 11.8. The summed E-state index contributed by atoms with van der Waals surface area (Å²) in [6.07, 6.45) is 0.525. The number of unbranched alkanes of at least 4 members (excludes halogenated alkanes) is 1. The fourth-order valence-corrected chi connectivity index (χ4v) is 1.92. The number of allylic oxidation sites excluding steroid dienone is 2. The number of alkyl halides is 3. The molecule has 0 heterocycles. The molecule has 0 aromatic carbocycles. The van der Waals surface area contributed by atoms with Gasteiger partial charge in [-0.1, -0.05) is 18.6 Å². The molecule has 0 aliphatic carbocycles. The lowest BCUT2D eigenvalue weighted by Gasteiger charge is -2.04. The van der Waals surface area contributed by atoms with Gasteiger partial charge in [0, 0.05) is 5.75 Å². The van der Waals surface area contributed by atoms with Crippen molar-refractivity contribution in [2.24, 2.45) is 0 Å². The molecule has 0 unspecified atom stereocenters. The van der Waals surface area contributed by atoms with Gasteiger partial charge < -0.3 is 0 Å². The summed E-state index contributed by atoms with van der Waals surface area (Å²) >= 11 is 1.39. The van der Waals surface area contributed by atoms with E-state index in [0.717, 1.165) is 25.0 Å². The van der Waals surface area contributed by atoms with E-state index in [9.17, 15) is 13.2 Å². The average Bonchev–Trinajstić information content (AvgIpc) is 2.14. The smallest absolute Gasteiger partial charge is 0.171 e. The molecule has 0 bridgehead atoms. The van der Waals surface area contributed by atoms with E-state index in [4.69, 9.17) is 0 Å². The Morgan fingerprint density at radius 2 is 1.93 bits per heavy atom. The number of rotatable bonds is 7. The Hall–Kier alpha value is -0.120. The summed E-state index contributed by atoms with van der Waals surface area (Å²) in [5, 5.41) is 0. The van der Waals surface area contributed by atoms with Crippen molar-refractivity contribution in [1.82, 2.24) is 0 Å². The molecule has 0 spiro atoms. The molecule has 0 saturated heterocycles. The molecule has 15 heavy (non-hydrogen) atoms. The van der Waals surface area contributed by atoms with Gasteiger partial charge in [-0.05, 0) is 31.9 Å². The van der Waals surface area contributed by atoms with E-state index < -0.39 is 12.6 Å². The van der Waals surface area contributed by atoms with Crippen LogP contribution in [0.4, 0.5) is 13.2 Å². The molecule has 0 nitrogen and oxygen atoms in total. The number of halogens is 3. The summed E-state index contributed by atoms with van der Waals surface area (Å²) in [5.74, 6) is 1.02. The lowest BCUT2D eigenvalue weighted by molar-refractivity contribution is -0.129. The number of hydrogen-bond acceptors (Lipinski definition) is 1. The van der Waals surface area contributed by atoms with Crippen LogP contribution in [0.15, 0.2) is 11.6 Å². The SMILES string of the molecule is CC/C(C)=C\CCCSCCC(F)(F)F. The average molecular weight is 240 g/mol. The van der Waals surface area contributed by atoms with Crippen LogP contribution in [0.5, 0.6) is 0 Å². The Labute approximate surface area is 94.3 Å². The zero-order valence-corrected chi connectivity index (χ0v) is 10.2. The summed E-state index contributed by atoms with van der Waals surface area (Å²) in [6.45, 7) is 4.18. The molecule has 0 saturated carbocycles. The molecule has 0 aliphatic heterocycles. The number of thioether (sulfide) groups is 1. The maximum absolute atomic E-state index is 11.8. The highest BCUT2D eigenvalue weighted by molar-refractivity contribution is 7.99. The van der Waals surface area contributed by atoms with Crippen molar-refractivity contribution in [3.63, 3.8) is 0 Å². The van der Waals surface area contributed by atoms with Crippen LogP contribution in [0, 0.1) is 0 Å². The maximum Gasteiger partial charge on any atom is 0.389 e. The fourth-order valence-electron chi connectivity index (χ4n) is 0.968. The minimum atomic E-state index is -3.99. The lowest BCUT2D eigenvalue weighted by Crippen LogP contribution is -2.08. The van der Waals surface area contributed by atoms with Crippen LogP contribution in [0.1, 0.15) is 39.5 Å². The first kappa shape index (κ1) is 14.9. The van der Waals surface area contributed by atoms with Crippen LogP contribution in [0.25, 0.3) is 0 Å². The zero-order valence-electron chi connectivity index (χ0n) is 9.36. The fraction of sp³-hybridized carbons (Fsp3) is 0.818. The zero-order chi connectivity index (χ0) is 11.7. The summed E-state index contributed by atoms with van der Waals surface area (Å²) in [6, 6.07) is 0. The highest BCUT2D eigenvalue weighted by Crippen LogP contribution is 2.22. The van der Waals surface area contributed by atoms with Crippen molar-refractivity contribution in [2.75, 3.05) is 11.5 Å². The predicted molar refractivity (Wildman–Crippen MR) is 61.3 cm³/mol. The van der Waals surface area contributed by atoms with E-state index >= 15 is 0 Å². The highest BCUT2D eigenvalue weighted by atomic mass is 32.2. The molecule has 0 fully saturated rings. The van der Waals surface area contributed by atoms with Gasteiger partial charge in [0.2, 0.25) is 0 Å². The van der Waals surface area contributed by atoms with Crippen LogP contribution in [0.2, 0.25) is 0 Å². The van der Waals surface area contributed by atoms with Gasteiger partial charge in [0.1, 0.15) is 0 Å². The Balaban J connectivity index is 3.26. The van der Waals surface area contributed by atoms with Crippen LogP contribution in [0.3, 0.4) is 0 Å². The van der Waals surface area contributed by atoms with Gasteiger partial charge in [0.05, 0.1) is 6.42 Å². The summed E-state index contributed by atoms with van der Waals surface area (Å²) in [7, 11) is 0. The molecule has 0 amide bonds. The monoisotopic (exact) mass is 240 g/mol. The Kier molecular flexibility index (Phi) is 8.02. The van der Waals surface area contributed by atoms with Crippen molar-refractivity contribution in [3.8, 4) is 0 Å². The first-order valence-electron chi connectivity index (χ1n) is 5.26. The largest absolute Gasteiger partial charge is 0.389 e. The second-order valence-corrected chi connectivity index (χ2v) is 4.75. The van der Waals surface area contributed by atoms with E-state index in [0.29, 0.717) is 0 Å². The third-order valence-corrected chi connectivity index (χ3v) is 3.14. The Morgan fingerprint density at radius 3 is 2.47 bits per heavy atom. The quantitative estimate of drug-likeness (QED) is 0.454. The minimum Gasteiger partial charge on any atom is -0.171 e. The Bertz CT molecular complexity index is 185. The second kappa shape index (κ2) is 8.08. The van der Waals surface area contributed by atoms with Crippen LogP contribution < -0.4 is 0 Å². The summed E-state index contributed by atoms with van der Waals surface area (Å²) in [4.78, 5) is 0. The van der Waals surface area contributed by atoms with Crippen molar-refractivity contribution in [2.45, 2.75) is 45.7 Å². The third-order valence-electron chi connectivity index (χ3n) is 2.07. The molecule has 0 aliphatic rings. The van der Waals surface area contributed by atoms with E-state index in [-0.39, 0.29) is 5.75 Å². The van der Waals surface area contributed by atoms with E-state index in [1.807, 2.05) is 0 Å². The predicted octanol–water partition coefficient (Wildman–Crippen LogP) is 4.81. The van der Waals surface area contributed by atoms with Crippen LogP contribution in [-0.4, -0.2) is 17.7 Å². The van der Waals surface area contributed by atoms with E-state index in [1.165, 1.54) is 17.3 Å². The van der Waals surface area contributed by atoms with Crippen molar-refractivity contribution >= 4 is 11.8 Å². The van der Waals surface area contributed by atoms with Crippen LogP contribution in [-0.2, 0) is 0 Å².